The Kier molecular flexibility index (Phi) is 11.2. The average molecular weight is 522 g/mol. The molecule has 0 bridgehead atoms. The number of hydrogen-bond acceptors (Lipinski definition) is 4. The Bertz CT molecular complexity index is 1140. The third kappa shape index (κ3) is 8.29. The maximum absolute atomic E-state index is 7.91. The number of rotatable bonds is 5. The number of pyridine rings is 2. The van der Waals surface area contributed by atoms with Gasteiger partial charge in [0.2, 0.25) is 10.9 Å². The van der Waals surface area contributed by atoms with Crippen LogP contribution in [0.1, 0.15) is 5.56 Å². The van der Waals surface area contributed by atoms with Crippen LogP contribution in [-0.4, -0.2) is 33.5 Å². The molecule has 0 aliphatic heterocycles. The van der Waals surface area contributed by atoms with Crippen LogP contribution in [-0.2, 0) is 29.3 Å². The number of methoxy groups -OCH3 is 1. The number of ether oxygens (including phenoxy) is 1. The summed E-state index contributed by atoms with van der Waals surface area (Å²) in [5.41, 5.74) is 7.26. The molecule has 0 saturated heterocycles. The molecule has 0 aliphatic rings. The minimum Gasteiger partial charge on any atom is -0.590 e. The number of aromatic nitrogens is 2. The SMILES string of the molecule is COc1cccc(C=N[N-]C(=[SH+])Nc2ccccc2)c1[OH2+].[Cu+2].c1ccc(-c2ccccn2)nc1. The first kappa shape index (κ1) is 26.5. The molecule has 9 heteroatoms. The number of benzene rings is 2. The van der Waals surface area contributed by atoms with Crippen molar-refractivity contribution in [2.45, 2.75) is 0 Å². The average Bonchev–Trinajstić information content (AvgIpc) is 2.87. The van der Waals surface area contributed by atoms with Gasteiger partial charge in [0.15, 0.2) is 12.2 Å². The standard InChI is InChI=1S/C15H15N3O2S.C10H8N2.Cu/c1-20-13-9-5-6-11(14(13)19)10-16-18-15(21)17-12-7-3-2-4-8-12;1-3-7-11-9(5-1)10-6-2-4-8-12-10;/h2-10H,1H3,(H3,16,17,18,19,21);1-8H;/q;;+2/p+1. The van der Waals surface area contributed by atoms with Crippen LogP contribution in [0, 0.1) is 0 Å². The molecule has 2 aromatic carbocycles. The van der Waals surface area contributed by atoms with E-state index in [-0.39, 0.29) is 22.8 Å². The van der Waals surface area contributed by atoms with Gasteiger partial charge in [-0.15, -0.1) is 0 Å². The molecule has 3 N–H and O–H groups in total. The van der Waals surface area contributed by atoms with Crippen LogP contribution < -0.4 is 10.1 Å². The number of anilines is 1. The second kappa shape index (κ2) is 14.4. The van der Waals surface area contributed by atoms with Crippen molar-refractivity contribution in [2.24, 2.45) is 5.10 Å². The Morgan fingerprint density at radius 2 is 1.53 bits per heavy atom. The smallest absolute Gasteiger partial charge is 0.590 e. The van der Waals surface area contributed by atoms with Gasteiger partial charge in [-0.1, -0.05) is 36.4 Å². The van der Waals surface area contributed by atoms with Gasteiger partial charge in [-0.3, -0.25) is 9.97 Å². The molecule has 34 heavy (non-hydrogen) atoms. The normalized spacial score (nSPS) is 9.79. The Balaban J connectivity index is 0.000000266. The molecule has 0 unspecified atom stereocenters. The first-order valence-corrected chi connectivity index (χ1v) is 10.4. The van der Waals surface area contributed by atoms with Crippen LogP contribution in [0.25, 0.3) is 16.8 Å². The van der Waals surface area contributed by atoms with Crippen LogP contribution in [0.3, 0.4) is 0 Å². The van der Waals surface area contributed by atoms with Crippen LogP contribution in [0.15, 0.2) is 102 Å². The maximum Gasteiger partial charge on any atom is 2.00 e. The number of thiol groups is 1. The van der Waals surface area contributed by atoms with E-state index in [4.69, 9.17) is 9.84 Å². The summed E-state index contributed by atoms with van der Waals surface area (Å²) in [7, 11) is 1.53. The Morgan fingerprint density at radius 1 is 0.912 bits per heavy atom. The fraction of sp³-hybridized carbons (Fsp3) is 0.0400. The molecule has 0 saturated carbocycles. The van der Waals surface area contributed by atoms with Gasteiger partial charge in [0.05, 0.1) is 24.1 Å². The summed E-state index contributed by atoms with van der Waals surface area (Å²) in [6.45, 7) is 0. The minimum atomic E-state index is 0. The van der Waals surface area contributed by atoms with Gasteiger partial charge in [0, 0.05) is 24.3 Å². The third-order valence-corrected chi connectivity index (χ3v) is 4.45. The molecule has 175 valence electrons. The first-order chi connectivity index (χ1) is 16.2. The quantitative estimate of drug-likeness (QED) is 0.105. The van der Waals surface area contributed by atoms with Gasteiger partial charge in [-0.05, 0) is 48.5 Å². The molecular formula is C25H24CuN5O2S+3. The molecule has 7 nitrogen and oxygen atoms in total. The number of para-hydroxylation sites is 2. The van der Waals surface area contributed by atoms with E-state index in [2.05, 4.69) is 38.0 Å². The summed E-state index contributed by atoms with van der Waals surface area (Å²) in [5.74, 6) is 0.770. The van der Waals surface area contributed by atoms with Gasteiger partial charge in [0.1, 0.15) is 0 Å². The molecule has 0 fully saturated rings. The van der Waals surface area contributed by atoms with Crippen LogP contribution in [0.4, 0.5) is 5.69 Å². The van der Waals surface area contributed by atoms with Crippen LogP contribution in [0.5, 0.6) is 11.5 Å². The minimum absolute atomic E-state index is 0. The molecule has 0 atom stereocenters. The Hall–Kier alpha value is -3.78. The number of hydrogen-bond donors (Lipinski definition) is 1. The summed E-state index contributed by atoms with van der Waals surface area (Å²) in [6, 6.07) is 26.4. The monoisotopic (exact) mass is 521 g/mol. The van der Waals surface area contributed by atoms with Gasteiger partial charge in [-0.25, -0.2) is 0 Å². The molecule has 0 aliphatic carbocycles. The Labute approximate surface area is 214 Å². The van der Waals surface area contributed by atoms with Gasteiger partial charge in [0.25, 0.3) is 0 Å². The van der Waals surface area contributed by atoms with Crippen molar-refractivity contribution in [1.29, 1.82) is 0 Å². The van der Waals surface area contributed by atoms with E-state index in [0.29, 0.717) is 16.4 Å². The summed E-state index contributed by atoms with van der Waals surface area (Å²) in [6.07, 6.45) is 5.03. The first-order valence-electron chi connectivity index (χ1n) is 10.0. The maximum atomic E-state index is 7.91. The number of nitrogens with one attached hydrogen (secondary N) is 1. The second-order valence-corrected chi connectivity index (χ2v) is 6.94. The molecule has 4 rings (SSSR count). The Morgan fingerprint density at radius 3 is 2.09 bits per heavy atom. The molecule has 2 heterocycles. The third-order valence-electron chi connectivity index (χ3n) is 4.25. The van der Waals surface area contributed by atoms with Crippen molar-refractivity contribution in [3.05, 3.63) is 108 Å². The zero-order chi connectivity index (χ0) is 23.3. The van der Waals surface area contributed by atoms with Crippen molar-refractivity contribution in [1.82, 2.24) is 9.97 Å². The van der Waals surface area contributed by atoms with Crippen LogP contribution >= 0.6 is 0 Å². The summed E-state index contributed by atoms with van der Waals surface area (Å²) in [4.78, 5) is 8.37. The summed E-state index contributed by atoms with van der Waals surface area (Å²) >= 11 is 4.21. The van der Waals surface area contributed by atoms with Crippen molar-refractivity contribution in [2.75, 3.05) is 12.4 Å². The fourth-order valence-corrected chi connectivity index (χ4v) is 2.86. The van der Waals surface area contributed by atoms with Crippen molar-refractivity contribution >= 4 is 29.2 Å². The number of nitrogens with zero attached hydrogens (tertiary/aromatic N) is 4. The van der Waals surface area contributed by atoms with Gasteiger partial charge < -0.3 is 25.7 Å². The molecule has 2 aromatic heterocycles. The molecule has 0 amide bonds. The topological polar surface area (TPSA) is 96.4 Å². The summed E-state index contributed by atoms with van der Waals surface area (Å²) in [5, 5.41) is 15.2. The zero-order valence-electron chi connectivity index (χ0n) is 18.3. The van der Waals surface area contributed by atoms with E-state index in [9.17, 15) is 0 Å². The molecule has 0 spiro atoms. The predicted molar refractivity (Wildman–Crippen MR) is 138 cm³/mol. The van der Waals surface area contributed by atoms with Crippen molar-refractivity contribution in [3.63, 3.8) is 0 Å². The summed E-state index contributed by atoms with van der Waals surface area (Å²) < 4.78 is 5.08. The van der Waals surface area contributed by atoms with Crippen molar-refractivity contribution in [3.8, 4) is 22.9 Å². The molecule has 1 radical (unpaired) electrons. The second-order valence-electron chi connectivity index (χ2n) is 6.51. The van der Waals surface area contributed by atoms with E-state index in [1.807, 2.05) is 66.7 Å². The molecule has 4 aromatic rings. The van der Waals surface area contributed by atoms with Crippen LogP contribution in [0.2, 0.25) is 0 Å². The van der Waals surface area contributed by atoms with E-state index in [0.717, 1.165) is 17.1 Å². The predicted octanol–water partition coefficient (Wildman–Crippen LogP) is 4.46. The van der Waals surface area contributed by atoms with Gasteiger partial charge >= 0.3 is 22.8 Å². The van der Waals surface area contributed by atoms with E-state index in [1.54, 1.807) is 30.6 Å². The van der Waals surface area contributed by atoms with E-state index in [1.165, 1.54) is 13.3 Å². The van der Waals surface area contributed by atoms with E-state index >= 15 is 0 Å². The zero-order valence-corrected chi connectivity index (χ0v) is 20.1. The van der Waals surface area contributed by atoms with Crippen molar-refractivity contribution < 1.29 is 26.9 Å². The molecular weight excluding hydrogens is 498 g/mol. The fourth-order valence-electron chi connectivity index (χ4n) is 2.68. The van der Waals surface area contributed by atoms with Gasteiger partial charge in [-0.2, -0.15) is 0 Å². The van der Waals surface area contributed by atoms with E-state index < -0.39 is 0 Å². The largest absolute Gasteiger partial charge is 2.00 e.